The highest BCUT2D eigenvalue weighted by molar-refractivity contribution is 5.80. The van der Waals surface area contributed by atoms with E-state index in [1.165, 1.54) is 12.7 Å². The van der Waals surface area contributed by atoms with Crippen molar-refractivity contribution in [2.24, 2.45) is 4.99 Å². The molecule has 3 atom stereocenters. The second-order valence-corrected chi connectivity index (χ2v) is 6.32. The maximum atomic E-state index is 5.89. The van der Waals surface area contributed by atoms with Crippen LogP contribution >= 0.6 is 0 Å². The Labute approximate surface area is 140 Å². The van der Waals surface area contributed by atoms with Gasteiger partial charge in [-0.25, -0.2) is 4.98 Å². The topological polar surface area (TPSA) is 87.2 Å². The third-order valence-corrected chi connectivity index (χ3v) is 4.73. The van der Waals surface area contributed by atoms with Gasteiger partial charge in [-0.2, -0.15) is 5.10 Å². The van der Waals surface area contributed by atoms with Crippen LogP contribution in [-0.4, -0.2) is 46.4 Å². The van der Waals surface area contributed by atoms with Crippen molar-refractivity contribution in [3.63, 3.8) is 0 Å². The van der Waals surface area contributed by atoms with Gasteiger partial charge in [-0.1, -0.05) is 18.2 Å². The number of benzene rings is 1. The van der Waals surface area contributed by atoms with E-state index in [-0.39, 0.29) is 0 Å². The first-order valence-electron chi connectivity index (χ1n) is 8.39. The van der Waals surface area contributed by atoms with E-state index >= 15 is 0 Å². The van der Waals surface area contributed by atoms with Crippen molar-refractivity contribution in [2.45, 2.75) is 44.1 Å². The first-order chi connectivity index (χ1) is 11.8. The average molecular weight is 326 g/mol. The lowest BCUT2D eigenvalue weighted by Gasteiger charge is -2.22. The Morgan fingerprint density at radius 1 is 1.42 bits per heavy atom. The van der Waals surface area contributed by atoms with Crippen molar-refractivity contribution in [1.29, 1.82) is 0 Å². The Kier molecular flexibility index (Phi) is 4.17. The van der Waals surface area contributed by atoms with Gasteiger partial charge in [-0.15, -0.1) is 0 Å². The smallest absolute Gasteiger partial charge is 0.191 e. The molecule has 2 bridgehead atoms. The van der Waals surface area contributed by atoms with Gasteiger partial charge in [0.05, 0.1) is 18.2 Å². The molecule has 2 aromatic rings. The van der Waals surface area contributed by atoms with Crippen LogP contribution in [0.3, 0.4) is 0 Å². The summed E-state index contributed by atoms with van der Waals surface area (Å²) in [4.78, 5) is 8.53. The van der Waals surface area contributed by atoms with Crippen LogP contribution in [0.15, 0.2) is 35.6 Å². The highest BCUT2D eigenvalue weighted by Crippen LogP contribution is 2.34. The fourth-order valence-corrected chi connectivity index (χ4v) is 3.52. The maximum Gasteiger partial charge on any atom is 0.191 e. The van der Waals surface area contributed by atoms with E-state index in [1.54, 1.807) is 7.05 Å². The first kappa shape index (κ1) is 15.1. The van der Waals surface area contributed by atoms with Crippen LogP contribution in [0.25, 0.3) is 11.4 Å². The van der Waals surface area contributed by atoms with Crippen LogP contribution in [0.2, 0.25) is 0 Å². The highest BCUT2D eigenvalue weighted by Gasteiger charge is 2.41. The van der Waals surface area contributed by atoms with Crippen molar-refractivity contribution in [2.75, 3.05) is 7.05 Å². The van der Waals surface area contributed by atoms with E-state index < -0.39 is 0 Å². The second-order valence-electron chi connectivity index (χ2n) is 6.32. The molecule has 4 rings (SSSR count). The molecule has 1 aromatic heterocycles. The number of H-pyrrole nitrogens is 1. The molecule has 0 aliphatic carbocycles. The zero-order valence-electron chi connectivity index (χ0n) is 13.7. The molecule has 0 spiro atoms. The van der Waals surface area contributed by atoms with Crippen molar-refractivity contribution in [3.8, 4) is 11.4 Å². The molecule has 7 heteroatoms. The normalized spacial score (nSPS) is 25.9. The minimum absolute atomic E-state index is 0.336. The third kappa shape index (κ3) is 3.12. The van der Waals surface area contributed by atoms with Crippen LogP contribution < -0.4 is 10.6 Å². The minimum Gasteiger partial charge on any atom is -0.373 e. The summed E-state index contributed by atoms with van der Waals surface area (Å²) in [6, 6.07) is 8.59. The number of guanidine groups is 1. The van der Waals surface area contributed by atoms with E-state index in [4.69, 9.17) is 4.74 Å². The zero-order valence-corrected chi connectivity index (χ0v) is 13.7. The lowest BCUT2D eigenvalue weighted by atomic mass is 9.96. The molecule has 3 N–H and O–H groups in total. The fourth-order valence-electron chi connectivity index (χ4n) is 3.52. The van der Waals surface area contributed by atoms with Gasteiger partial charge in [0.2, 0.25) is 0 Å². The SMILES string of the molecule is CN=C(NCc1cccc(-c2ncn[nH]2)c1)NC1CC2CCC1O2. The Bertz CT molecular complexity index is 714. The Morgan fingerprint density at radius 3 is 3.08 bits per heavy atom. The van der Waals surface area contributed by atoms with Crippen molar-refractivity contribution in [1.82, 2.24) is 25.8 Å². The van der Waals surface area contributed by atoms with E-state index in [0.29, 0.717) is 24.8 Å². The Hall–Kier alpha value is -2.41. The Balaban J connectivity index is 1.36. The zero-order chi connectivity index (χ0) is 16.4. The highest BCUT2D eigenvalue weighted by atomic mass is 16.5. The standard InChI is InChI=1S/C17H22N6O/c1-18-17(22-14-8-13-5-6-15(14)24-13)19-9-11-3-2-4-12(7-11)16-20-10-21-23-16/h2-4,7,10,13-15H,5-6,8-9H2,1H3,(H2,18,19,22)(H,20,21,23). The van der Waals surface area contributed by atoms with Crippen molar-refractivity contribution >= 4 is 5.96 Å². The van der Waals surface area contributed by atoms with E-state index in [2.05, 4.69) is 42.9 Å². The number of hydrogen-bond donors (Lipinski definition) is 3. The summed E-state index contributed by atoms with van der Waals surface area (Å²) in [5.41, 5.74) is 2.19. The minimum atomic E-state index is 0.336. The molecule has 0 saturated carbocycles. The van der Waals surface area contributed by atoms with Gasteiger partial charge >= 0.3 is 0 Å². The van der Waals surface area contributed by atoms with Crippen LogP contribution in [0.4, 0.5) is 0 Å². The molecular formula is C17H22N6O. The predicted octanol–water partition coefficient (Wildman–Crippen LogP) is 1.46. The van der Waals surface area contributed by atoms with Crippen molar-refractivity contribution < 1.29 is 4.74 Å². The predicted molar refractivity (Wildman–Crippen MR) is 91.5 cm³/mol. The lowest BCUT2D eigenvalue weighted by Crippen LogP contribution is -2.47. The van der Waals surface area contributed by atoms with Gasteiger partial charge in [0.15, 0.2) is 11.8 Å². The lowest BCUT2D eigenvalue weighted by molar-refractivity contribution is 0.0992. The van der Waals surface area contributed by atoms with E-state index in [0.717, 1.165) is 35.8 Å². The van der Waals surface area contributed by atoms with Gasteiger partial charge in [-0.05, 0) is 30.9 Å². The number of nitrogens with one attached hydrogen (secondary N) is 3. The number of fused-ring (bicyclic) bond motifs is 2. The molecule has 7 nitrogen and oxygen atoms in total. The number of rotatable bonds is 4. The summed E-state index contributed by atoms with van der Waals surface area (Å²) in [5.74, 6) is 1.60. The van der Waals surface area contributed by atoms with Gasteiger partial charge < -0.3 is 15.4 Å². The summed E-state index contributed by atoms with van der Waals surface area (Å²) in [7, 11) is 1.80. The van der Waals surface area contributed by atoms with Crippen molar-refractivity contribution in [3.05, 3.63) is 36.2 Å². The molecule has 126 valence electrons. The molecule has 24 heavy (non-hydrogen) atoms. The molecule has 3 unspecified atom stereocenters. The maximum absolute atomic E-state index is 5.89. The molecule has 2 aliphatic heterocycles. The molecule has 3 heterocycles. The van der Waals surface area contributed by atoms with Gasteiger partial charge in [0.25, 0.3) is 0 Å². The third-order valence-electron chi connectivity index (χ3n) is 4.73. The van der Waals surface area contributed by atoms with Crippen LogP contribution in [-0.2, 0) is 11.3 Å². The largest absolute Gasteiger partial charge is 0.373 e. The molecule has 0 amide bonds. The fraction of sp³-hybridized carbons (Fsp3) is 0.471. The van der Waals surface area contributed by atoms with E-state index in [1.807, 2.05) is 12.1 Å². The number of hydrogen-bond acceptors (Lipinski definition) is 4. The Morgan fingerprint density at radius 2 is 2.38 bits per heavy atom. The number of aromatic nitrogens is 3. The molecule has 0 radical (unpaired) electrons. The van der Waals surface area contributed by atoms with Crippen LogP contribution in [0.5, 0.6) is 0 Å². The van der Waals surface area contributed by atoms with Gasteiger partial charge in [0, 0.05) is 19.2 Å². The summed E-state index contributed by atoms with van der Waals surface area (Å²) in [6.07, 6.45) is 5.71. The van der Waals surface area contributed by atoms with Gasteiger partial charge in [0.1, 0.15) is 6.33 Å². The summed E-state index contributed by atoms with van der Waals surface area (Å²) in [5, 5.41) is 13.7. The molecular weight excluding hydrogens is 304 g/mol. The molecule has 2 saturated heterocycles. The average Bonchev–Trinajstić information content (AvgIpc) is 3.36. The summed E-state index contributed by atoms with van der Waals surface area (Å²) >= 11 is 0. The second kappa shape index (κ2) is 6.60. The van der Waals surface area contributed by atoms with Crippen LogP contribution in [0, 0.1) is 0 Å². The van der Waals surface area contributed by atoms with Gasteiger partial charge in [-0.3, -0.25) is 10.1 Å². The summed E-state index contributed by atoms with van der Waals surface area (Å²) < 4.78 is 5.89. The number of aliphatic imine (C=N–C) groups is 1. The summed E-state index contributed by atoms with van der Waals surface area (Å²) in [6.45, 7) is 0.698. The molecule has 1 aromatic carbocycles. The quantitative estimate of drug-likeness (QED) is 0.585. The van der Waals surface area contributed by atoms with E-state index in [9.17, 15) is 0 Å². The molecule has 2 aliphatic rings. The first-order valence-corrected chi connectivity index (χ1v) is 8.39. The van der Waals surface area contributed by atoms with Crippen LogP contribution in [0.1, 0.15) is 24.8 Å². The number of nitrogens with zero attached hydrogens (tertiary/aromatic N) is 3. The molecule has 2 fully saturated rings. The number of aromatic amines is 1. The number of ether oxygens (including phenoxy) is 1. The monoisotopic (exact) mass is 326 g/mol.